The number of alkyl halides is 3. The Bertz CT molecular complexity index is 959. The Kier molecular flexibility index (Phi) is 5.45. The third-order valence-corrected chi connectivity index (χ3v) is 4.15. The van der Waals surface area contributed by atoms with Gasteiger partial charge in [0.1, 0.15) is 5.75 Å². The maximum Gasteiger partial charge on any atom is 0.422 e. The summed E-state index contributed by atoms with van der Waals surface area (Å²) in [5.74, 6) is -0.437. The minimum Gasteiger partial charge on any atom is -0.478 e. The fourth-order valence-corrected chi connectivity index (χ4v) is 2.97. The minimum atomic E-state index is -4.47. The zero-order chi connectivity index (χ0) is 19.4. The van der Waals surface area contributed by atoms with Gasteiger partial charge in [-0.3, -0.25) is 0 Å². The van der Waals surface area contributed by atoms with Crippen LogP contribution >= 0.6 is 11.3 Å². The Morgan fingerprint density at radius 3 is 2.81 bits per heavy atom. The second kappa shape index (κ2) is 7.78. The molecule has 0 unspecified atom stereocenters. The van der Waals surface area contributed by atoms with E-state index in [0.29, 0.717) is 16.0 Å². The van der Waals surface area contributed by atoms with E-state index in [1.807, 2.05) is 0 Å². The number of esters is 1. The van der Waals surface area contributed by atoms with Crippen LogP contribution in [0.1, 0.15) is 16.7 Å². The van der Waals surface area contributed by atoms with E-state index in [1.54, 1.807) is 25.1 Å². The third kappa shape index (κ3) is 4.85. The molecule has 10 heteroatoms. The van der Waals surface area contributed by atoms with E-state index in [4.69, 9.17) is 14.2 Å². The summed E-state index contributed by atoms with van der Waals surface area (Å²) < 4.78 is 53.0. The second-order valence-corrected chi connectivity index (χ2v) is 6.21. The molecule has 0 fully saturated rings. The normalized spacial score (nSPS) is 11.4. The number of pyridine rings is 1. The molecular formula is C17H13F3N2O4S. The molecule has 0 aliphatic carbocycles. The number of aromatic nitrogens is 2. The number of hydrogen-bond donors (Lipinski definition) is 0. The Balaban J connectivity index is 1.81. The highest BCUT2D eigenvalue weighted by atomic mass is 32.1. The van der Waals surface area contributed by atoms with Crippen LogP contribution in [-0.4, -0.2) is 35.3 Å². The van der Waals surface area contributed by atoms with Gasteiger partial charge in [-0.1, -0.05) is 0 Å². The number of halogens is 3. The molecule has 0 bridgehead atoms. The summed E-state index contributed by atoms with van der Waals surface area (Å²) >= 11 is 1.12. The molecule has 0 saturated heterocycles. The Labute approximate surface area is 155 Å². The first-order valence-corrected chi connectivity index (χ1v) is 8.57. The van der Waals surface area contributed by atoms with Gasteiger partial charge in [0.15, 0.2) is 12.4 Å². The van der Waals surface area contributed by atoms with Crippen LogP contribution in [0.25, 0.3) is 10.2 Å². The monoisotopic (exact) mass is 398 g/mol. The number of fused-ring (bicyclic) bond motifs is 1. The van der Waals surface area contributed by atoms with Crippen molar-refractivity contribution in [3.8, 4) is 17.4 Å². The van der Waals surface area contributed by atoms with Crippen molar-refractivity contribution in [2.75, 3.05) is 13.2 Å². The van der Waals surface area contributed by atoms with Gasteiger partial charge in [-0.15, -0.1) is 11.3 Å². The average Bonchev–Trinajstić information content (AvgIpc) is 3.04. The largest absolute Gasteiger partial charge is 0.478 e. The summed E-state index contributed by atoms with van der Waals surface area (Å²) in [5.41, 5.74) is 0.574. The highest BCUT2D eigenvalue weighted by molar-refractivity contribution is 7.20. The van der Waals surface area contributed by atoms with Gasteiger partial charge in [-0.2, -0.15) is 13.2 Å². The van der Waals surface area contributed by atoms with Crippen LogP contribution in [0.15, 0.2) is 36.5 Å². The maximum absolute atomic E-state index is 12.4. The van der Waals surface area contributed by atoms with Gasteiger partial charge in [0.25, 0.3) is 5.88 Å². The van der Waals surface area contributed by atoms with Crippen molar-refractivity contribution >= 4 is 27.5 Å². The molecule has 0 aliphatic heterocycles. The van der Waals surface area contributed by atoms with Gasteiger partial charge in [-0.25, -0.2) is 14.8 Å². The summed E-state index contributed by atoms with van der Waals surface area (Å²) in [4.78, 5) is 19.9. The SMILES string of the molecule is CCOC(=O)c1nc2ccc(Oc3ncccc3OCC(F)(F)F)cc2s1. The van der Waals surface area contributed by atoms with E-state index >= 15 is 0 Å². The van der Waals surface area contributed by atoms with Crippen LogP contribution in [0.2, 0.25) is 0 Å². The van der Waals surface area contributed by atoms with E-state index in [1.165, 1.54) is 18.3 Å². The molecule has 142 valence electrons. The molecule has 3 aromatic rings. The lowest BCUT2D eigenvalue weighted by atomic mass is 10.3. The number of rotatable bonds is 6. The summed E-state index contributed by atoms with van der Waals surface area (Å²) in [6, 6.07) is 7.58. The van der Waals surface area contributed by atoms with Crippen molar-refractivity contribution in [3.05, 3.63) is 41.5 Å². The lowest BCUT2D eigenvalue weighted by Crippen LogP contribution is -2.19. The number of hydrogen-bond acceptors (Lipinski definition) is 7. The van der Waals surface area contributed by atoms with Gasteiger partial charge in [0.2, 0.25) is 5.01 Å². The molecule has 0 aliphatic rings. The van der Waals surface area contributed by atoms with Gasteiger partial charge in [0, 0.05) is 12.3 Å². The summed E-state index contributed by atoms with van der Waals surface area (Å²) in [5, 5.41) is 0.205. The van der Waals surface area contributed by atoms with E-state index in [2.05, 4.69) is 9.97 Å². The van der Waals surface area contributed by atoms with Crippen LogP contribution in [0, 0.1) is 0 Å². The number of carbonyl (C=O) groups excluding carboxylic acids is 1. The van der Waals surface area contributed by atoms with Crippen LogP contribution in [-0.2, 0) is 4.74 Å². The number of thiazole rings is 1. The van der Waals surface area contributed by atoms with E-state index in [9.17, 15) is 18.0 Å². The summed E-state index contributed by atoms with van der Waals surface area (Å²) in [7, 11) is 0. The molecule has 1 aromatic carbocycles. The molecule has 3 rings (SSSR count). The third-order valence-electron chi connectivity index (χ3n) is 3.15. The van der Waals surface area contributed by atoms with Crippen molar-refractivity contribution in [1.29, 1.82) is 0 Å². The topological polar surface area (TPSA) is 70.5 Å². The molecular weight excluding hydrogens is 385 g/mol. The second-order valence-electron chi connectivity index (χ2n) is 5.18. The fraction of sp³-hybridized carbons (Fsp3) is 0.235. The molecule has 27 heavy (non-hydrogen) atoms. The predicted octanol–water partition coefficient (Wildman–Crippen LogP) is 4.60. The standard InChI is InChI=1S/C17H13F3N2O4S/c1-2-24-16(23)15-22-11-6-5-10(8-13(11)27-15)26-14-12(4-3-7-21-14)25-9-17(18,19)20/h3-8H,2,9H2,1H3. The first kappa shape index (κ1) is 18.9. The molecule has 0 atom stereocenters. The molecule has 6 nitrogen and oxygen atoms in total. The van der Waals surface area contributed by atoms with Crippen LogP contribution in [0.4, 0.5) is 13.2 Å². The number of ether oxygens (including phenoxy) is 3. The molecule has 0 saturated carbocycles. The van der Waals surface area contributed by atoms with Gasteiger partial charge in [0.05, 0.1) is 16.8 Å². The highest BCUT2D eigenvalue weighted by Crippen LogP contribution is 2.33. The first-order valence-electron chi connectivity index (χ1n) is 7.76. The number of benzene rings is 1. The van der Waals surface area contributed by atoms with Crippen molar-refractivity contribution in [1.82, 2.24) is 9.97 Å². The van der Waals surface area contributed by atoms with Crippen molar-refractivity contribution in [3.63, 3.8) is 0 Å². The average molecular weight is 398 g/mol. The minimum absolute atomic E-state index is 0.101. The molecule has 2 aromatic heterocycles. The molecule has 0 radical (unpaired) electrons. The van der Waals surface area contributed by atoms with Crippen molar-refractivity contribution in [2.45, 2.75) is 13.1 Å². The Morgan fingerprint density at radius 2 is 2.07 bits per heavy atom. The first-order chi connectivity index (χ1) is 12.9. The van der Waals surface area contributed by atoms with Crippen molar-refractivity contribution < 1.29 is 32.2 Å². The number of carbonyl (C=O) groups is 1. The van der Waals surface area contributed by atoms with Crippen LogP contribution < -0.4 is 9.47 Å². The summed E-state index contributed by atoms with van der Waals surface area (Å²) in [6.45, 7) is 0.484. The van der Waals surface area contributed by atoms with Gasteiger partial charge in [-0.05, 0) is 31.2 Å². The molecule has 0 amide bonds. The number of nitrogens with zero attached hydrogens (tertiary/aromatic N) is 2. The zero-order valence-electron chi connectivity index (χ0n) is 13.9. The van der Waals surface area contributed by atoms with Gasteiger partial charge >= 0.3 is 12.1 Å². The van der Waals surface area contributed by atoms with Gasteiger partial charge < -0.3 is 14.2 Å². The highest BCUT2D eigenvalue weighted by Gasteiger charge is 2.29. The smallest absolute Gasteiger partial charge is 0.422 e. The molecule has 0 N–H and O–H groups in total. The van der Waals surface area contributed by atoms with Crippen LogP contribution in [0.5, 0.6) is 17.4 Å². The van der Waals surface area contributed by atoms with E-state index in [0.717, 1.165) is 11.3 Å². The quantitative estimate of drug-likeness (QED) is 0.565. The predicted molar refractivity (Wildman–Crippen MR) is 91.4 cm³/mol. The van der Waals surface area contributed by atoms with Crippen molar-refractivity contribution in [2.24, 2.45) is 0 Å². The molecule has 0 spiro atoms. The fourth-order valence-electron chi connectivity index (χ4n) is 2.08. The zero-order valence-corrected chi connectivity index (χ0v) is 14.8. The van der Waals surface area contributed by atoms with Crippen LogP contribution in [0.3, 0.4) is 0 Å². The molecule has 2 heterocycles. The Hall–Kier alpha value is -2.88. The lowest BCUT2D eigenvalue weighted by molar-refractivity contribution is -0.153. The van der Waals surface area contributed by atoms with E-state index in [-0.39, 0.29) is 23.2 Å². The lowest BCUT2D eigenvalue weighted by Gasteiger charge is -2.12. The summed E-state index contributed by atoms with van der Waals surface area (Å²) in [6.07, 6.45) is -3.10. The Morgan fingerprint density at radius 1 is 1.26 bits per heavy atom. The maximum atomic E-state index is 12.4. The van der Waals surface area contributed by atoms with E-state index < -0.39 is 18.8 Å².